The molecule has 0 N–H and O–H groups in total. The highest BCUT2D eigenvalue weighted by Crippen LogP contribution is 2.40. The van der Waals surface area contributed by atoms with Crippen molar-refractivity contribution in [1.82, 2.24) is 9.80 Å². The lowest BCUT2D eigenvalue weighted by Gasteiger charge is -2.33. The largest absolute Gasteiger partial charge is 0.493 e. The van der Waals surface area contributed by atoms with Crippen LogP contribution in [0.25, 0.3) is 11.8 Å². The van der Waals surface area contributed by atoms with Crippen LogP contribution in [0.1, 0.15) is 64.0 Å². The van der Waals surface area contributed by atoms with Crippen LogP contribution >= 0.6 is 0 Å². The van der Waals surface area contributed by atoms with Gasteiger partial charge in [0.05, 0.1) is 24.5 Å². The van der Waals surface area contributed by atoms with Crippen molar-refractivity contribution in [2.45, 2.75) is 52.9 Å². The zero-order chi connectivity index (χ0) is 25.3. The number of hydrogen-bond donors (Lipinski definition) is 0. The van der Waals surface area contributed by atoms with Gasteiger partial charge < -0.3 is 9.64 Å². The number of para-hydroxylation sites is 2. The second kappa shape index (κ2) is 13.1. The van der Waals surface area contributed by atoms with Crippen molar-refractivity contribution < 1.29 is 9.53 Å². The summed E-state index contributed by atoms with van der Waals surface area (Å²) >= 11 is 0. The molecule has 1 saturated heterocycles. The van der Waals surface area contributed by atoms with Gasteiger partial charge in [0.2, 0.25) is 5.91 Å². The van der Waals surface area contributed by atoms with E-state index >= 15 is 0 Å². The van der Waals surface area contributed by atoms with E-state index in [1.807, 2.05) is 48.2 Å². The molecule has 2 aromatic rings. The lowest BCUT2D eigenvalue weighted by atomic mass is 9.91. The lowest BCUT2D eigenvalue weighted by molar-refractivity contribution is -0.119. The van der Waals surface area contributed by atoms with Crippen LogP contribution in [-0.4, -0.2) is 61.6 Å². The molecule has 36 heavy (non-hydrogen) atoms. The second-order valence-electron chi connectivity index (χ2n) is 9.99. The van der Waals surface area contributed by atoms with Gasteiger partial charge >= 0.3 is 0 Å². The third kappa shape index (κ3) is 6.37. The Hall–Kier alpha value is -2.63. The molecule has 2 aliphatic rings. The van der Waals surface area contributed by atoms with Gasteiger partial charge in [0.25, 0.3) is 0 Å². The maximum Gasteiger partial charge on any atom is 0.245 e. The second-order valence-corrected chi connectivity index (χ2v) is 9.99. The highest BCUT2D eigenvalue weighted by atomic mass is 16.5. The zero-order valence-corrected chi connectivity index (χ0v) is 22.4. The van der Waals surface area contributed by atoms with Crippen LogP contribution in [0.4, 0.5) is 11.4 Å². The van der Waals surface area contributed by atoms with Crippen molar-refractivity contribution >= 4 is 29.1 Å². The number of rotatable bonds is 11. The van der Waals surface area contributed by atoms with E-state index in [4.69, 9.17) is 4.74 Å². The number of likely N-dealkylation sites (tertiary alicyclic amines) is 1. The van der Waals surface area contributed by atoms with Gasteiger partial charge in [-0.25, -0.2) is 0 Å². The van der Waals surface area contributed by atoms with Crippen molar-refractivity contribution in [3.8, 4) is 0 Å². The summed E-state index contributed by atoms with van der Waals surface area (Å²) in [7, 11) is 0. The fraction of sp³-hybridized carbons (Fsp3) is 0.516. The number of piperidine rings is 1. The molecule has 0 radical (unpaired) electrons. The molecule has 2 heterocycles. The summed E-state index contributed by atoms with van der Waals surface area (Å²) in [6.07, 6.45) is 8.39. The zero-order valence-electron chi connectivity index (χ0n) is 22.4. The lowest BCUT2D eigenvalue weighted by Crippen LogP contribution is -2.42. The molecule has 4 rings (SSSR count). The first kappa shape index (κ1) is 26.4. The molecular formula is C31H43N3O2. The van der Waals surface area contributed by atoms with E-state index in [2.05, 4.69) is 41.9 Å². The predicted octanol–water partition coefficient (Wildman–Crippen LogP) is 6.42. The number of unbranched alkanes of at least 4 members (excludes halogenated alkanes) is 1. The van der Waals surface area contributed by atoms with E-state index in [1.54, 1.807) is 0 Å². The Kier molecular flexibility index (Phi) is 9.60. The molecule has 2 aliphatic heterocycles. The first-order chi connectivity index (χ1) is 17.6. The van der Waals surface area contributed by atoms with Crippen LogP contribution in [0, 0.1) is 5.92 Å². The Labute approximate surface area is 217 Å². The number of carbonyl (C=O) groups excluding carboxylic acids is 1. The van der Waals surface area contributed by atoms with Crippen LogP contribution in [0.3, 0.4) is 0 Å². The molecule has 0 spiro atoms. The molecule has 1 fully saturated rings. The number of carbonyl (C=O) groups is 1. The van der Waals surface area contributed by atoms with E-state index in [1.165, 1.54) is 38.6 Å². The van der Waals surface area contributed by atoms with Gasteiger partial charge in [-0.2, -0.15) is 0 Å². The Morgan fingerprint density at radius 1 is 0.944 bits per heavy atom. The predicted molar refractivity (Wildman–Crippen MR) is 150 cm³/mol. The molecule has 0 unspecified atom stereocenters. The van der Waals surface area contributed by atoms with Crippen LogP contribution in [0.15, 0.2) is 48.5 Å². The first-order valence-corrected chi connectivity index (χ1v) is 13.9. The Balaban J connectivity index is 1.39. The number of hydrogen-bond acceptors (Lipinski definition) is 4. The number of nitrogens with zero attached hydrogens (tertiary/aromatic N) is 3. The van der Waals surface area contributed by atoms with Crippen molar-refractivity contribution in [3.63, 3.8) is 0 Å². The quantitative estimate of drug-likeness (QED) is 0.341. The molecule has 0 saturated carbocycles. The summed E-state index contributed by atoms with van der Waals surface area (Å²) in [5, 5.41) is 0. The summed E-state index contributed by atoms with van der Waals surface area (Å²) in [5.41, 5.74) is 3.80. The van der Waals surface area contributed by atoms with E-state index in [-0.39, 0.29) is 5.91 Å². The number of fused-ring (bicyclic) bond motifs is 2. The normalized spacial score (nSPS) is 16.3. The smallest absolute Gasteiger partial charge is 0.245 e. The third-order valence-electron chi connectivity index (χ3n) is 7.72. The summed E-state index contributed by atoms with van der Waals surface area (Å²) in [4.78, 5) is 20.6. The average molecular weight is 490 g/mol. The standard InChI is InChI=1S/C31H43N3O2/c1-4-32(5-2)20-12-11-13-25-18-21-33(22-19-25)24-31(35)34-28-16-9-7-14-26(28)23-30(36-6-3)27-15-8-10-17-29(27)34/h7-10,14-17,23,25H,4-6,11-13,18-22,24H2,1-3H3. The van der Waals surface area contributed by atoms with E-state index in [0.717, 1.165) is 60.4 Å². The van der Waals surface area contributed by atoms with Crippen LogP contribution in [0.2, 0.25) is 0 Å². The number of amides is 1. The van der Waals surface area contributed by atoms with E-state index < -0.39 is 0 Å². The minimum Gasteiger partial charge on any atom is -0.493 e. The Bertz CT molecular complexity index is 1020. The first-order valence-electron chi connectivity index (χ1n) is 13.9. The Morgan fingerprint density at radius 2 is 1.64 bits per heavy atom. The van der Waals surface area contributed by atoms with Crippen molar-refractivity contribution in [1.29, 1.82) is 0 Å². The van der Waals surface area contributed by atoms with Crippen molar-refractivity contribution in [3.05, 3.63) is 59.7 Å². The molecule has 0 bridgehead atoms. The van der Waals surface area contributed by atoms with Crippen molar-refractivity contribution in [2.75, 3.05) is 50.8 Å². The molecular weight excluding hydrogens is 446 g/mol. The number of anilines is 2. The SMILES string of the molecule is CCOC1=Cc2ccccc2N(C(=O)CN2CCC(CCCCN(CC)CC)CC2)c2ccccc21. The number of benzene rings is 2. The van der Waals surface area contributed by atoms with Gasteiger partial charge in [-0.15, -0.1) is 0 Å². The van der Waals surface area contributed by atoms with Gasteiger partial charge in [-0.3, -0.25) is 14.6 Å². The third-order valence-corrected chi connectivity index (χ3v) is 7.72. The molecule has 0 aliphatic carbocycles. The Morgan fingerprint density at radius 3 is 2.36 bits per heavy atom. The van der Waals surface area contributed by atoms with Crippen LogP contribution < -0.4 is 4.90 Å². The fourth-order valence-electron chi connectivity index (χ4n) is 5.59. The van der Waals surface area contributed by atoms with E-state index in [0.29, 0.717) is 13.2 Å². The van der Waals surface area contributed by atoms with Gasteiger partial charge in [-0.1, -0.05) is 57.0 Å². The maximum absolute atomic E-state index is 13.8. The molecule has 5 nitrogen and oxygen atoms in total. The van der Waals surface area contributed by atoms with Gasteiger partial charge in [0, 0.05) is 11.1 Å². The van der Waals surface area contributed by atoms with Crippen LogP contribution in [-0.2, 0) is 9.53 Å². The fourth-order valence-corrected chi connectivity index (χ4v) is 5.59. The monoisotopic (exact) mass is 489 g/mol. The van der Waals surface area contributed by atoms with Crippen molar-refractivity contribution in [2.24, 2.45) is 5.92 Å². The average Bonchev–Trinajstić information content (AvgIpc) is 3.04. The van der Waals surface area contributed by atoms with E-state index in [9.17, 15) is 4.79 Å². The molecule has 194 valence electrons. The summed E-state index contributed by atoms with van der Waals surface area (Å²) in [5.74, 6) is 1.74. The van der Waals surface area contributed by atoms with Gasteiger partial charge in [0.1, 0.15) is 5.76 Å². The highest BCUT2D eigenvalue weighted by Gasteiger charge is 2.29. The summed E-state index contributed by atoms with van der Waals surface area (Å²) in [6.45, 7) is 13.1. The summed E-state index contributed by atoms with van der Waals surface area (Å²) in [6, 6.07) is 16.2. The molecule has 5 heteroatoms. The summed E-state index contributed by atoms with van der Waals surface area (Å²) < 4.78 is 6.01. The maximum atomic E-state index is 13.8. The molecule has 2 aromatic carbocycles. The highest BCUT2D eigenvalue weighted by molar-refractivity contribution is 6.08. The minimum atomic E-state index is 0.124. The number of ether oxygens (including phenoxy) is 1. The van der Waals surface area contributed by atoms with Gasteiger partial charge in [0.15, 0.2) is 0 Å². The van der Waals surface area contributed by atoms with Crippen LogP contribution in [0.5, 0.6) is 0 Å². The minimum absolute atomic E-state index is 0.124. The molecule has 0 atom stereocenters. The molecule has 1 amide bonds. The topological polar surface area (TPSA) is 36.0 Å². The molecule has 0 aromatic heterocycles. The van der Waals surface area contributed by atoms with Gasteiger partial charge in [-0.05, 0) is 89.1 Å².